The number of benzene rings is 1. The van der Waals surface area contributed by atoms with Gasteiger partial charge in [0.15, 0.2) is 0 Å². The second kappa shape index (κ2) is 6.87. The summed E-state index contributed by atoms with van der Waals surface area (Å²) in [7, 11) is 0. The minimum Gasteiger partial charge on any atom is -0.391 e. The largest absolute Gasteiger partial charge is 0.391 e. The van der Waals surface area contributed by atoms with E-state index in [1.54, 1.807) is 0 Å². The molecule has 4 nitrogen and oxygen atoms in total. The van der Waals surface area contributed by atoms with Gasteiger partial charge in [-0.1, -0.05) is 30.1 Å². The summed E-state index contributed by atoms with van der Waals surface area (Å²) in [5.74, 6) is 0.260. The summed E-state index contributed by atoms with van der Waals surface area (Å²) < 4.78 is 14.8. The lowest BCUT2D eigenvalue weighted by Crippen LogP contribution is -2.42. The second-order valence-electron chi connectivity index (χ2n) is 8.92. The molecule has 3 saturated carbocycles. The molecule has 0 aromatic heterocycles. The molecule has 4 N–H and O–H groups in total. The Morgan fingerprint density at radius 2 is 1.96 bits per heavy atom. The van der Waals surface area contributed by atoms with Gasteiger partial charge in [-0.05, 0) is 61.5 Å². The van der Waals surface area contributed by atoms with Crippen molar-refractivity contribution in [1.29, 1.82) is 0 Å². The molecule has 1 aromatic rings. The first-order valence-corrected chi connectivity index (χ1v) is 10.3. The van der Waals surface area contributed by atoms with Gasteiger partial charge in [0.2, 0.25) is 5.91 Å². The van der Waals surface area contributed by atoms with E-state index in [0.717, 1.165) is 12.8 Å². The number of hydrogen-bond acceptors (Lipinski definition) is 3. The van der Waals surface area contributed by atoms with Crippen LogP contribution < -0.4 is 11.1 Å². The number of rotatable bonds is 4. The highest BCUT2D eigenvalue weighted by atomic mass is 35.5. The Hall–Kier alpha value is -0.880. The molecule has 0 aliphatic heterocycles. The highest BCUT2D eigenvalue weighted by molar-refractivity contribution is 6.42. The first-order chi connectivity index (χ1) is 12.7. The number of fused-ring (bicyclic) bond motifs is 1. The molecular formula is C20H25Cl2FN2O2. The van der Waals surface area contributed by atoms with Crippen molar-refractivity contribution in [2.24, 2.45) is 28.9 Å². The van der Waals surface area contributed by atoms with Gasteiger partial charge in [0.05, 0.1) is 22.2 Å². The average Bonchev–Trinajstić information content (AvgIpc) is 3.08. The van der Waals surface area contributed by atoms with Crippen molar-refractivity contribution in [3.8, 4) is 0 Å². The smallest absolute Gasteiger partial charge is 0.223 e. The molecule has 0 saturated heterocycles. The van der Waals surface area contributed by atoms with Crippen molar-refractivity contribution in [1.82, 2.24) is 5.32 Å². The van der Waals surface area contributed by atoms with Gasteiger partial charge in [-0.15, -0.1) is 0 Å². The van der Waals surface area contributed by atoms with Crippen molar-refractivity contribution in [2.45, 2.75) is 57.2 Å². The summed E-state index contributed by atoms with van der Waals surface area (Å²) >= 11 is 12.5. The molecule has 0 bridgehead atoms. The Labute approximate surface area is 168 Å². The molecular weight excluding hydrogens is 390 g/mol. The van der Waals surface area contributed by atoms with Crippen LogP contribution in [0.15, 0.2) is 12.1 Å². The number of aliphatic hydroxyl groups excluding tert-OH is 1. The molecule has 3 fully saturated rings. The molecule has 0 heterocycles. The maximum absolute atomic E-state index is 14.8. The zero-order valence-corrected chi connectivity index (χ0v) is 16.7. The van der Waals surface area contributed by atoms with Crippen LogP contribution in [-0.4, -0.2) is 23.2 Å². The van der Waals surface area contributed by atoms with E-state index in [1.807, 2.05) is 0 Å². The summed E-state index contributed by atoms with van der Waals surface area (Å²) in [4.78, 5) is 12.9. The summed E-state index contributed by atoms with van der Waals surface area (Å²) in [6.07, 6.45) is 3.14. The number of nitrogens with two attached hydrogens (primary N) is 1. The third-order valence-electron chi connectivity index (χ3n) is 6.83. The van der Waals surface area contributed by atoms with Gasteiger partial charge in [-0.3, -0.25) is 4.79 Å². The highest BCUT2D eigenvalue weighted by Gasteiger charge is 2.56. The summed E-state index contributed by atoms with van der Waals surface area (Å²) in [5.41, 5.74) is 5.85. The lowest BCUT2D eigenvalue weighted by molar-refractivity contribution is -0.126. The standard InChI is InChI=1S/C20H25Cl2FN2O2/c1-20(7-10-4-11(10)8-20)18(16-13(23)3-2-12(21)17(16)22)25-19(27)9-5-14(24)15(26)6-9/h2-3,9-11,14-15,18,26H,4-8,24H2,1H3,(H,25,27)/t9-,10-,11+,14-,15+,18+,20?/m0/s1. The van der Waals surface area contributed by atoms with Crippen LogP contribution in [0.25, 0.3) is 0 Å². The van der Waals surface area contributed by atoms with E-state index < -0.39 is 24.0 Å². The van der Waals surface area contributed by atoms with Crippen LogP contribution in [0.4, 0.5) is 4.39 Å². The third kappa shape index (κ3) is 3.48. The fraction of sp³-hybridized carbons (Fsp3) is 0.650. The van der Waals surface area contributed by atoms with Crippen LogP contribution in [0.2, 0.25) is 10.0 Å². The Bertz CT molecular complexity index is 755. The van der Waals surface area contributed by atoms with Gasteiger partial charge < -0.3 is 16.2 Å². The van der Waals surface area contributed by atoms with Gasteiger partial charge in [-0.2, -0.15) is 0 Å². The van der Waals surface area contributed by atoms with Gasteiger partial charge in [0.1, 0.15) is 5.82 Å². The van der Waals surface area contributed by atoms with Gasteiger partial charge >= 0.3 is 0 Å². The van der Waals surface area contributed by atoms with Crippen LogP contribution in [0.1, 0.15) is 50.6 Å². The summed E-state index contributed by atoms with van der Waals surface area (Å²) in [6.45, 7) is 2.09. The monoisotopic (exact) mass is 414 g/mol. The number of amides is 1. The molecule has 0 radical (unpaired) electrons. The summed E-state index contributed by atoms with van der Waals surface area (Å²) in [6, 6.07) is 1.78. The first-order valence-electron chi connectivity index (χ1n) is 9.57. The number of carbonyl (C=O) groups is 1. The van der Waals surface area contributed by atoms with E-state index >= 15 is 0 Å². The van der Waals surface area contributed by atoms with Crippen LogP contribution >= 0.6 is 23.2 Å². The van der Waals surface area contributed by atoms with Crippen LogP contribution in [-0.2, 0) is 4.79 Å². The van der Waals surface area contributed by atoms with E-state index in [4.69, 9.17) is 28.9 Å². The molecule has 3 aliphatic rings. The van der Waals surface area contributed by atoms with Gasteiger partial charge in [0.25, 0.3) is 0 Å². The van der Waals surface area contributed by atoms with E-state index in [9.17, 15) is 14.3 Å². The number of halogens is 3. The van der Waals surface area contributed by atoms with Crippen molar-refractivity contribution in [3.63, 3.8) is 0 Å². The predicted molar refractivity (Wildman–Crippen MR) is 103 cm³/mol. The Morgan fingerprint density at radius 3 is 2.56 bits per heavy atom. The minimum absolute atomic E-state index is 0.159. The molecule has 1 unspecified atom stereocenters. The highest BCUT2D eigenvalue weighted by Crippen LogP contribution is 2.64. The number of carbonyl (C=O) groups excluding carboxylic acids is 1. The van der Waals surface area contributed by atoms with E-state index in [1.165, 1.54) is 18.6 Å². The van der Waals surface area contributed by atoms with Gasteiger partial charge in [-0.25, -0.2) is 4.39 Å². The molecule has 27 heavy (non-hydrogen) atoms. The van der Waals surface area contributed by atoms with Crippen molar-refractivity contribution in [3.05, 3.63) is 33.6 Å². The first kappa shape index (κ1) is 19.4. The molecule has 148 valence electrons. The molecule has 1 amide bonds. The number of nitrogens with one attached hydrogen (secondary N) is 1. The van der Waals surface area contributed by atoms with Crippen molar-refractivity contribution in [2.75, 3.05) is 0 Å². The normalized spacial score (nSPS) is 38.5. The van der Waals surface area contributed by atoms with E-state index in [0.29, 0.717) is 24.7 Å². The Morgan fingerprint density at radius 1 is 1.30 bits per heavy atom. The topological polar surface area (TPSA) is 75.3 Å². The SMILES string of the molecule is CC1([C@H](NC(=O)[C@@H]2C[C@@H](O)[C@@H](N)C2)c2c(F)ccc(Cl)c2Cl)C[C@H]2C[C@H]2C1. The quantitative estimate of drug-likeness (QED) is 0.655. The minimum atomic E-state index is -0.680. The van der Waals surface area contributed by atoms with Crippen LogP contribution in [0.5, 0.6) is 0 Å². The number of hydrogen-bond donors (Lipinski definition) is 3. The van der Waals surface area contributed by atoms with Crippen molar-refractivity contribution < 1.29 is 14.3 Å². The molecule has 0 spiro atoms. The van der Waals surface area contributed by atoms with E-state index in [2.05, 4.69) is 12.2 Å². The molecule has 1 aromatic carbocycles. The lowest BCUT2D eigenvalue weighted by atomic mass is 9.74. The summed E-state index contributed by atoms with van der Waals surface area (Å²) in [5, 5.41) is 13.4. The number of aliphatic hydroxyl groups is 1. The van der Waals surface area contributed by atoms with Gasteiger partial charge in [0, 0.05) is 17.5 Å². The molecule has 7 heteroatoms. The fourth-order valence-electron chi connectivity index (χ4n) is 5.25. The van der Waals surface area contributed by atoms with Crippen LogP contribution in [0, 0.1) is 29.0 Å². The lowest BCUT2D eigenvalue weighted by Gasteiger charge is -2.38. The predicted octanol–water partition coefficient (Wildman–Crippen LogP) is 3.82. The average molecular weight is 415 g/mol. The molecule has 7 atom stereocenters. The van der Waals surface area contributed by atoms with Crippen LogP contribution in [0.3, 0.4) is 0 Å². The maximum atomic E-state index is 14.8. The Kier molecular flexibility index (Phi) is 4.95. The zero-order valence-electron chi connectivity index (χ0n) is 15.2. The molecule has 3 aliphatic carbocycles. The fourth-order valence-corrected chi connectivity index (χ4v) is 5.68. The second-order valence-corrected chi connectivity index (χ2v) is 9.70. The zero-order chi connectivity index (χ0) is 19.5. The van der Waals surface area contributed by atoms with E-state index in [-0.39, 0.29) is 32.8 Å². The maximum Gasteiger partial charge on any atom is 0.223 e. The third-order valence-corrected chi connectivity index (χ3v) is 7.64. The Balaban J connectivity index is 1.65. The van der Waals surface area contributed by atoms with Crippen molar-refractivity contribution >= 4 is 29.1 Å². The molecule has 4 rings (SSSR count).